The van der Waals surface area contributed by atoms with Gasteiger partial charge < -0.3 is 22.3 Å². The Morgan fingerprint density at radius 1 is 0.766 bits per heavy atom. The predicted molar refractivity (Wildman–Crippen MR) is 168 cm³/mol. The van der Waals surface area contributed by atoms with Gasteiger partial charge in [-0.1, -0.05) is 57.2 Å². The molecule has 0 saturated carbocycles. The van der Waals surface area contributed by atoms with E-state index >= 15 is 0 Å². The molecule has 250 valence electrons. The first-order valence-electron chi connectivity index (χ1n) is 14.2. The maximum Gasteiger partial charge on any atom is 0.416 e. The number of alkyl halides is 6. The first-order valence-corrected chi connectivity index (χ1v) is 16.4. The summed E-state index contributed by atoms with van der Waals surface area (Å²) in [5.74, 6) is -1.06. The minimum Gasteiger partial charge on any atom is -1.00 e. The van der Waals surface area contributed by atoms with Crippen molar-refractivity contribution in [2.45, 2.75) is 45.3 Å². The average molecular weight is 742 g/mol. The van der Waals surface area contributed by atoms with E-state index in [-0.39, 0.29) is 28.7 Å². The Morgan fingerprint density at radius 2 is 1.21 bits per heavy atom. The number of nitro groups is 1. The lowest BCUT2D eigenvalue weighted by atomic mass is 9.87. The van der Waals surface area contributed by atoms with E-state index in [9.17, 15) is 41.3 Å². The predicted octanol–water partition coefficient (Wildman–Crippen LogP) is 5.65. The third-order valence-corrected chi connectivity index (χ3v) is 12.3. The van der Waals surface area contributed by atoms with Crippen molar-refractivity contribution in [2.75, 3.05) is 6.16 Å². The van der Waals surface area contributed by atoms with Crippen LogP contribution < -0.4 is 32.9 Å². The molecule has 0 saturated heterocycles. The van der Waals surface area contributed by atoms with Crippen LogP contribution in [-0.2, 0) is 18.5 Å². The summed E-state index contributed by atoms with van der Waals surface area (Å²) >= 11 is 0. The maximum atomic E-state index is 13.6. The van der Waals surface area contributed by atoms with Crippen molar-refractivity contribution in [1.29, 1.82) is 0 Å². The van der Waals surface area contributed by atoms with Crippen LogP contribution in [0.15, 0.2) is 103 Å². The summed E-state index contributed by atoms with van der Waals surface area (Å²) in [6.07, 6.45) is -9.50. The van der Waals surface area contributed by atoms with Crippen LogP contribution in [0, 0.1) is 15.5 Å². The molecule has 0 radical (unpaired) electrons. The second-order valence-electron chi connectivity index (χ2n) is 12.1. The number of rotatable bonds is 9. The van der Waals surface area contributed by atoms with Gasteiger partial charge in [0, 0.05) is 17.7 Å². The van der Waals surface area contributed by atoms with Gasteiger partial charge in [0.05, 0.1) is 52.3 Å². The van der Waals surface area contributed by atoms with Gasteiger partial charge in [-0.15, -0.1) is 0 Å². The molecule has 47 heavy (non-hydrogen) atoms. The van der Waals surface area contributed by atoms with Gasteiger partial charge in [0.25, 0.3) is 11.6 Å². The van der Waals surface area contributed by atoms with E-state index < -0.39 is 58.6 Å². The number of nitrogens with one attached hydrogen (secondary N) is 1. The number of nitro benzene ring substituents is 1. The number of nitrogens with zero attached hydrogens (tertiary/aromatic N) is 1. The topological polar surface area (TPSA) is 72.2 Å². The van der Waals surface area contributed by atoms with Crippen LogP contribution in [0.5, 0.6) is 0 Å². The summed E-state index contributed by atoms with van der Waals surface area (Å²) in [5.41, 5.74) is -3.89. The van der Waals surface area contributed by atoms with Crippen LogP contribution in [0.4, 0.5) is 32.0 Å². The van der Waals surface area contributed by atoms with Gasteiger partial charge in [-0.2, -0.15) is 26.3 Å². The van der Waals surface area contributed by atoms with Crippen molar-refractivity contribution in [2.24, 2.45) is 5.41 Å². The van der Waals surface area contributed by atoms with Gasteiger partial charge in [-0.05, 0) is 65.6 Å². The molecule has 1 N–H and O–H groups in total. The Balaban J connectivity index is 0.00000600. The minimum atomic E-state index is -5.11. The summed E-state index contributed by atoms with van der Waals surface area (Å²) in [5, 5.41) is 16.0. The normalized spacial score (nSPS) is 13.0. The summed E-state index contributed by atoms with van der Waals surface area (Å²) in [6.45, 7) is 5.51. The highest BCUT2D eigenvalue weighted by molar-refractivity contribution is 7.88. The van der Waals surface area contributed by atoms with E-state index in [1.54, 1.807) is 12.1 Å². The number of hydrogen-bond donors (Lipinski definition) is 1. The highest BCUT2D eigenvalue weighted by Crippen LogP contribution is 2.60. The van der Waals surface area contributed by atoms with Gasteiger partial charge in [0.1, 0.15) is 0 Å². The van der Waals surface area contributed by atoms with Crippen molar-refractivity contribution in [3.8, 4) is 0 Å². The van der Waals surface area contributed by atoms with Crippen molar-refractivity contribution in [3.05, 3.63) is 135 Å². The number of carbonyl (C=O) groups excluding carboxylic acids is 1. The molecule has 4 rings (SSSR count). The molecule has 0 aromatic heterocycles. The van der Waals surface area contributed by atoms with Gasteiger partial charge in [0.2, 0.25) is 0 Å². The van der Waals surface area contributed by atoms with Crippen LogP contribution in [0.25, 0.3) is 0 Å². The van der Waals surface area contributed by atoms with Crippen LogP contribution in [-0.4, -0.2) is 23.0 Å². The SMILES string of the molecule is CC(C)(C)[C@@H](C[P+](Cc1ccc([N+](=O)[O-])cc1)(c1ccccc1)c1ccccc1)NC(=O)c1cc(C(F)(F)F)cc(C(F)(F)F)c1.[Br-]. The fraction of sp³-hybridized carbons (Fsp3) is 0.265. The van der Waals surface area contributed by atoms with Crippen molar-refractivity contribution < 1.29 is 53.0 Å². The lowest BCUT2D eigenvalue weighted by molar-refractivity contribution is -0.384. The lowest BCUT2D eigenvalue weighted by Gasteiger charge is -2.37. The standard InChI is InChI=1S/C34H31F6N2O3P.BrH/c1-32(2,3)30(41-31(43)24-18-25(33(35,36)37)20-26(19-24)34(38,39)40)22-46(28-10-6-4-7-11-28,29-12-8-5-9-13-29)21-23-14-16-27(17-15-23)42(44)45;/h4-20,30H,21-22H2,1-3H3;1H/t30-;/m1./s1. The number of non-ortho nitro benzene ring substituents is 1. The van der Waals surface area contributed by atoms with Crippen LogP contribution >= 0.6 is 7.26 Å². The van der Waals surface area contributed by atoms with E-state index in [1.807, 2.05) is 81.4 Å². The van der Waals surface area contributed by atoms with E-state index in [1.165, 1.54) is 12.1 Å². The smallest absolute Gasteiger partial charge is 0.416 e. The Kier molecular flexibility index (Phi) is 11.7. The van der Waals surface area contributed by atoms with E-state index in [2.05, 4.69) is 5.32 Å². The Labute approximate surface area is 279 Å². The number of hydrogen-bond acceptors (Lipinski definition) is 3. The molecule has 0 aliphatic carbocycles. The van der Waals surface area contributed by atoms with Crippen LogP contribution in [0.3, 0.4) is 0 Å². The summed E-state index contributed by atoms with van der Waals surface area (Å²) in [4.78, 5) is 24.4. The number of halogens is 7. The zero-order valence-electron chi connectivity index (χ0n) is 25.6. The first-order chi connectivity index (χ1) is 21.4. The quantitative estimate of drug-likeness (QED) is 0.104. The molecule has 4 aromatic carbocycles. The van der Waals surface area contributed by atoms with Crippen molar-refractivity contribution in [3.63, 3.8) is 0 Å². The lowest BCUT2D eigenvalue weighted by Crippen LogP contribution is -3.00. The second-order valence-corrected chi connectivity index (χ2v) is 15.7. The first kappa shape index (κ1) is 37.7. The van der Waals surface area contributed by atoms with E-state index in [0.29, 0.717) is 24.5 Å². The third kappa shape index (κ3) is 9.20. The maximum absolute atomic E-state index is 13.6. The fourth-order valence-electron chi connectivity index (χ4n) is 5.24. The van der Waals surface area contributed by atoms with Crippen LogP contribution in [0.1, 0.15) is 47.8 Å². The van der Waals surface area contributed by atoms with Gasteiger partial charge >= 0.3 is 12.4 Å². The molecule has 0 heterocycles. The fourth-order valence-corrected chi connectivity index (χ4v) is 10.0. The molecule has 0 aliphatic heterocycles. The molecule has 0 bridgehead atoms. The number of amides is 1. The summed E-state index contributed by atoms with van der Waals surface area (Å²) in [7, 11) is -2.58. The molecule has 5 nitrogen and oxygen atoms in total. The van der Waals surface area contributed by atoms with Crippen LogP contribution in [0.2, 0.25) is 0 Å². The largest absolute Gasteiger partial charge is 1.00 e. The number of carbonyl (C=O) groups is 1. The molecule has 0 unspecified atom stereocenters. The van der Waals surface area contributed by atoms with Crippen molar-refractivity contribution >= 4 is 29.5 Å². The Hall–Kier alpha value is -3.76. The summed E-state index contributed by atoms with van der Waals surface area (Å²) < 4.78 is 81.6. The second kappa shape index (κ2) is 14.6. The van der Waals surface area contributed by atoms with Gasteiger partial charge in [-0.3, -0.25) is 14.9 Å². The van der Waals surface area contributed by atoms with Crippen molar-refractivity contribution in [1.82, 2.24) is 5.32 Å². The molecule has 13 heteroatoms. The average Bonchev–Trinajstić information content (AvgIpc) is 2.99. The zero-order valence-corrected chi connectivity index (χ0v) is 28.1. The molecular formula is C34H32BrF6N2O3P. The minimum absolute atomic E-state index is 0. The van der Waals surface area contributed by atoms with E-state index in [4.69, 9.17) is 0 Å². The molecule has 0 spiro atoms. The zero-order chi connectivity index (χ0) is 33.9. The molecule has 1 amide bonds. The molecule has 0 fully saturated rings. The highest BCUT2D eigenvalue weighted by Gasteiger charge is 2.48. The van der Waals surface area contributed by atoms with E-state index in [0.717, 1.165) is 16.2 Å². The molecule has 1 atom stereocenters. The molecular weight excluding hydrogens is 709 g/mol. The molecule has 4 aromatic rings. The van der Waals surface area contributed by atoms with Gasteiger partial charge in [0.15, 0.2) is 0 Å². The van der Waals surface area contributed by atoms with Gasteiger partial charge in [-0.25, -0.2) is 0 Å². The highest BCUT2D eigenvalue weighted by atomic mass is 79.9. The third-order valence-electron chi connectivity index (χ3n) is 7.80. The molecule has 0 aliphatic rings. The number of benzene rings is 4. The Morgan fingerprint density at radius 3 is 1.60 bits per heavy atom. The summed E-state index contributed by atoms with van der Waals surface area (Å²) in [6, 6.07) is 25.3. The monoisotopic (exact) mass is 740 g/mol. The Bertz CT molecular complexity index is 1610.